The van der Waals surface area contributed by atoms with Crippen LogP contribution in [0.15, 0.2) is 0 Å². The van der Waals surface area contributed by atoms with Gasteiger partial charge < -0.3 is 5.11 Å². The first-order valence-corrected chi connectivity index (χ1v) is 5.76. The van der Waals surface area contributed by atoms with Crippen molar-refractivity contribution in [1.29, 1.82) is 0 Å². The van der Waals surface area contributed by atoms with Gasteiger partial charge in [-0.3, -0.25) is 4.79 Å². The van der Waals surface area contributed by atoms with Gasteiger partial charge in [-0.15, -0.1) is 0 Å². The van der Waals surface area contributed by atoms with Gasteiger partial charge in [0.05, 0.1) is 12.0 Å². The summed E-state index contributed by atoms with van der Waals surface area (Å²) in [6, 6.07) is 0. The topological polar surface area (TPSA) is 37.3 Å². The molecule has 2 rings (SSSR count). The highest BCUT2D eigenvalue weighted by Crippen LogP contribution is 2.41. The van der Waals surface area contributed by atoms with Gasteiger partial charge in [-0.1, -0.05) is 0 Å². The van der Waals surface area contributed by atoms with Crippen LogP contribution in [0.1, 0.15) is 12.8 Å². The molecule has 2 nitrogen and oxygen atoms in total. The molecule has 14 heavy (non-hydrogen) atoms. The van der Waals surface area contributed by atoms with Crippen molar-refractivity contribution in [2.45, 2.75) is 36.5 Å². The molecule has 0 bridgehead atoms. The van der Waals surface area contributed by atoms with Crippen LogP contribution in [0.4, 0.5) is 8.78 Å². The molecule has 2 aliphatic rings. The maximum absolute atomic E-state index is 13.5. The Hall–Kier alpha value is -0.160. The van der Waals surface area contributed by atoms with E-state index < -0.39 is 29.6 Å². The number of carbonyl (C=O) groups excluding carboxylic acids is 1. The molecule has 0 aromatic heterocycles. The van der Waals surface area contributed by atoms with Crippen molar-refractivity contribution in [1.82, 2.24) is 0 Å². The van der Waals surface area contributed by atoms with E-state index in [0.29, 0.717) is 12.2 Å². The van der Waals surface area contributed by atoms with Crippen LogP contribution in [0.25, 0.3) is 0 Å². The lowest BCUT2D eigenvalue weighted by Crippen LogP contribution is -2.52. The van der Waals surface area contributed by atoms with Crippen molar-refractivity contribution >= 4 is 17.5 Å². The van der Waals surface area contributed by atoms with Crippen molar-refractivity contribution in [2.75, 3.05) is 5.75 Å². The van der Waals surface area contributed by atoms with E-state index in [9.17, 15) is 18.7 Å². The fraction of sp³-hybridized carbons (Fsp3) is 0.889. The van der Waals surface area contributed by atoms with E-state index in [4.69, 9.17) is 0 Å². The molecule has 1 heterocycles. The van der Waals surface area contributed by atoms with Crippen LogP contribution in [0.3, 0.4) is 0 Å². The molecule has 1 aliphatic heterocycles. The van der Waals surface area contributed by atoms with Gasteiger partial charge >= 0.3 is 0 Å². The molecule has 0 spiro atoms. The molecule has 0 radical (unpaired) electrons. The van der Waals surface area contributed by atoms with E-state index in [0.717, 1.165) is 0 Å². The Morgan fingerprint density at radius 3 is 2.86 bits per heavy atom. The Morgan fingerprint density at radius 2 is 2.14 bits per heavy atom. The Kier molecular flexibility index (Phi) is 2.79. The third-order valence-corrected chi connectivity index (χ3v) is 4.33. The number of alkyl halides is 2. The van der Waals surface area contributed by atoms with E-state index in [1.54, 1.807) is 0 Å². The van der Waals surface area contributed by atoms with Crippen molar-refractivity contribution in [3.63, 3.8) is 0 Å². The van der Waals surface area contributed by atoms with Crippen LogP contribution in [0.2, 0.25) is 0 Å². The quantitative estimate of drug-likeness (QED) is 0.667. The zero-order valence-electron chi connectivity index (χ0n) is 7.53. The number of halogens is 2. The number of aliphatic hydroxyl groups excluding tert-OH is 1. The van der Waals surface area contributed by atoms with Crippen LogP contribution in [0.5, 0.6) is 0 Å². The van der Waals surface area contributed by atoms with Crippen molar-refractivity contribution in [2.24, 2.45) is 5.92 Å². The highest BCUT2D eigenvalue weighted by molar-refractivity contribution is 8.00. The summed E-state index contributed by atoms with van der Waals surface area (Å²) in [4.78, 5) is 11.4. The van der Waals surface area contributed by atoms with Gasteiger partial charge in [-0.2, -0.15) is 11.8 Å². The Labute approximate surface area is 85.1 Å². The Morgan fingerprint density at radius 1 is 1.43 bits per heavy atom. The highest BCUT2D eigenvalue weighted by Gasteiger charge is 2.50. The molecule has 0 amide bonds. The molecule has 5 atom stereocenters. The third kappa shape index (κ3) is 1.56. The average Bonchev–Trinajstić information content (AvgIpc) is 2.14. The summed E-state index contributed by atoms with van der Waals surface area (Å²) in [5.41, 5.74) is 0. The number of carbonyl (C=O) groups is 1. The first kappa shape index (κ1) is 10.4. The molecule has 1 saturated carbocycles. The summed E-state index contributed by atoms with van der Waals surface area (Å²) in [6.07, 6.45) is -4.02. The number of thioether (sulfide) groups is 1. The normalized spacial score (nSPS) is 48.8. The molecular weight excluding hydrogens is 210 g/mol. The van der Waals surface area contributed by atoms with Gasteiger partial charge in [0.1, 0.15) is 18.1 Å². The van der Waals surface area contributed by atoms with Gasteiger partial charge in [0.25, 0.3) is 0 Å². The molecule has 1 aliphatic carbocycles. The number of hydrogen-bond donors (Lipinski definition) is 1. The average molecular weight is 222 g/mol. The number of rotatable bonds is 0. The predicted molar refractivity (Wildman–Crippen MR) is 49.8 cm³/mol. The highest BCUT2D eigenvalue weighted by atomic mass is 32.2. The molecule has 1 N–H and O–H groups in total. The summed E-state index contributed by atoms with van der Waals surface area (Å²) in [5, 5.41) is 8.65. The minimum absolute atomic E-state index is 0.178. The predicted octanol–water partition coefficient (Wildman–Crippen LogP) is 1.12. The fourth-order valence-corrected chi connectivity index (χ4v) is 3.59. The number of fused-ring (bicyclic) bond motifs is 1. The lowest BCUT2D eigenvalue weighted by atomic mass is 9.80. The second-order valence-electron chi connectivity index (χ2n) is 3.84. The van der Waals surface area contributed by atoms with E-state index >= 15 is 0 Å². The maximum atomic E-state index is 13.5. The first-order valence-electron chi connectivity index (χ1n) is 4.72. The van der Waals surface area contributed by atoms with E-state index in [1.165, 1.54) is 11.8 Å². The number of hydrogen-bond acceptors (Lipinski definition) is 3. The molecule has 0 aromatic carbocycles. The van der Waals surface area contributed by atoms with Crippen LogP contribution in [-0.2, 0) is 4.79 Å². The molecule has 0 aromatic rings. The SMILES string of the molecule is O=C1CCSC2C(F)CC(O)C(F)C12. The zero-order valence-corrected chi connectivity index (χ0v) is 8.34. The first-order chi connectivity index (χ1) is 6.61. The van der Waals surface area contributed by atoms with Crippen molar-refractivity contribution in [3.05, 3.63) is 0 Å². The zero-order chi connectivity index (χ0) is 10.3. The number of Topliss-reactive ketones (excluding diaryl/α,β-unsaturated/α-hetero) is 1. The minimum Gasteiger partial charge on any atom is -0.390 e. The van der Waals surface area contributed by atoms with Gasteiger partial charge in [0.15, 0.2) is 0 Å². The smallest absolute Gasteiger partial charge is 0.141 e. The second-order valence-corrected chi connectivity index (χ2v) is 5.13. The molecule has 5 heteroatoms. The van der Waals surface area contributed by atoms with Gasteiger partial charge in [0, 0.05) is 23.8 Å². The maximum Gasteiger partial charge on any atom is 0.141 e. The van der Waals surface area contributed by atoms with Crippen LogP contribution in [0, 0.1) is 5.92 Å². The van der Waals surface area contributed by atoms with Gasteiger partial charge in [-0.25, -0.2) is 8.78 Å². The number of ketones is 1. The Bertz CT molecular complexity index is 249. The van der Waals surface area contributed by atoms with Crippen LogP contribution >= 0.6 is 11.8 Å². The van der Waals surface area contributed by atoms with Gasteiger partial charge in [-0.05, 0) is 0 Å². The van der Waals surface area contributed by atoms with Crippen LogP contribution < -0.4 is 0 Å². The minimum atomic E-state index is -1.58. The molecular formula is C9H12F2O2S. The van der Waals surface area contributed by atoms with E-state index in [-0.39, 0.29) is 12.2 Å². The van der Waals surface area contributed by atoms with Crippen molar-refractivity contribution in [3.8, 4) is 0 Å². The van der Waals surface area contributed by atoms with Crippen molar-refractivity contribution < 1.29 is 18.7 Å². The van der Waals surface area contributed by atoms with Gasteiger partial charge in [0.2, 0.25) is 0 Å². The second kappa shape index (κ2) is 3.77. The monoisotopic (exact) mass is 222 g/mol. The summed E-state index contributed by atoms with van der Waals surface area (Å²) < 4.78 is 26.9. The lowest BCUT2D eigenvalue weighted by Gasteiger charge is -2.40. The molecule has 1 saturated heterocycles. The van der Waals surface area contributed by atoms with E-state index in [1.807, 2.05) is 0 Å². The molecule has 2 fully saturated rings. The lowest BCUT2D eigenvalue weighted by molar-refractivity contribution is -0.130. The summed E-state index contributed by atoms with van der Waals surface area (Å²) >= 11 is 1.32. The molecule has 80 valence electrons. The standard InChI is InChI=1S/C9H12F2O2S/c10-4-3-6(13)8(11)7-5(12)1-2-14-9(4)7/h4,6-9,13H,1-3H2. The fourth-order valence-electron chi connectivity index (χ4n) is 2.17. The van der Waals surface area contributed by atoms with E-state index in [2.05, 4.69) is 0 Å². The summed E-state index contributed by atoms with van der Waals surface area (Å²) in [7, 11) is 0. The molecule has 5 unspecified atom stereocenters. The van der Waals surface area contributed by atoms with Crippen LogP contribution in [-0.4, -0.2) is 40.3 Å². The summed E-state index contributed by atoms with van der Waals surface area (Å²) in [5.74, 6) is -0.585. The number of aliphatic hydroxyl groups is 1. The Balaban J connectivity index is 2.21. The largest absolute Gasteiger partial charge is 0.390 e. The third-order valence-electron chi connectivity index (χ3n) is 2.92. The summed E-state index contributed by atoms with van der Waals surface area (Å²) in [6.45, 7) is 0.